The maximum atomic E-state index is 5.41. The van der Waals surface area contributed by atoms with Gasteiger partial charge in [-0.3, -0.25) is 0 Å². The van der Waals surface area contributed by atoms with Gasteiger partial charge in [-0.1, -0.05) is 71.6 Å². The van der Waals surface area contributed by atoms with Gasteiger partial charge in [-0.2, -0.15) is 0 Å². The van der Waals surface area contributed by atoms with E-state index in [1.165, 1.54) is 64.2 Å². The summed E-state index contributed by atoms with van der Waals surface area (Å²) < 4.78 is 5.41. The summed E-state index contributed by atoms with van der Waals surface area (Å²) in [5, 5.41) is 0. The molecule has 0 aliphatic rings. The summed E-state index contributed by atoms with van der Waals surface area (Å²) in [5.74, 6) is 0. The molecule has 1 radical (unpaired) electrons. The molecule has 0 amide bonds. The predicted octanol–water partition coefficient (Wildman–Crippen LogP) is 5.50. The Bertz CT molecular complexity index is 98.0. The molecule has 0 fully saturated rings. The lowest BCUT2D eigenvalue weighted by Crippen LogP contribution is -1.91. The van der Waals surface area contributed by atoms with Gasteiger partial charge in [-0.05, 0) is 12.8 Å². The van der Waals surface area contributed by atoms with E-state index in [0.29, 0.717) is 0 Å². The van der Waals surface area contributed by atoms with E-state index in [1.807, 2.05) is 6.61 Å². The Balaban J connectivity index is 2.83. The van der Waals surface area contributed by atoms with Gasteiger partial charge in [0.25, 0.3) is 0 Å². The topological polar surface area (TPSA) is 9.23 Å². The quantitative estimate of drug-likeness (QED) is 0.378. The molecule has 0 aliphatic carbocycles. The van der Waals surface area contributed by atoms with Crippen LogP contribution < -0.4 is 0 Å². The molecular weight excluding hydrogens is 196 g/mol. The van der Waals surface area contributed by atoms with Crippen LogP contribution in [0, 0.1) is 6.61 Å². The molecule has 1 heteroatoms. The standard InChI is InChI=1S/C15H31O/c1-3-5-7-8-9-10-11-12-13-15-16-14-6-4-2/h15H,3-14H2,1-2H3. The van der Waals surface area contributed by atoms with Crippen molar-refractivity contribution < 1.29 is 4.74 Å². The zero-order valence-corrected chi connectivity index (χ0v) is 11.5. The molecular formula is C15H31O. The van der Waals surface area contributed by atoms with Gasteiger partial charge < -0.3 is 4.74 Å². The minimum absolute atomic E-state index is 0.910. The fourth-order valence-electron chi connectivity index (χ4n) is 1.76. The molecule has 0 unspecified atom stereocenters. The molecule has 97 valence electrons. The van der Waals surface area contributed by atoms with E-state index in [1.54, 1.807) is 0 Å². The maximum Gasteiger partial charge on any atom is 0.0836 e. The molecule has 0 aromatic carbocycles. The highest BCUT2D eigenvalue weighted by atomic mass is 16.5. The van der Waals surface area contributed by atoms with Crippen molar-refractivity contribution in [3.63, 3.8) is 0 Å². The number of rotatable bonds is 13. The molecule has 0 heterocycles. The Morgan fingerprint density at radius 3 is 1.88 bits per heavy atom. The molecule has 1 nitrogen and oxygen atoms in total. The van der Waals surface area contributed by atoms with Gasteiger partial charge in [0.1, 0.15) is 0 Å². The minimum atomic E-state index is 0.910. The molecule has 0 rings (SSSR count). The molecule has 0 bridgehead atoms. The second-order valence-corrected chi connectivity index (χ2v) is 4.65. The minimum Gasteiger partial charge on any atom is -0.376 e. The van der Waals surface area contributed by atoms with Crippen molar-refractivity contribution in [2.75, 3.05) is 6.61 Å². The third-order valence-electron chi connectivity index (χ3n) is 2.91. The number of hydrogen-bond donors (Lipinski definition) is 0. The molecule has 0 saturated carbocycles. The normalized spacial score (nSPS) is 10.9. The van der Waals surface area contributed by atoms with E-state index < -0.39 is 0 Å². The largest absolute Gasteiger partial charge is 0.376 e. The summed E-state index contributed by atoms with van der Waals surface area (Å²) in [6.45, 7) is 7.39. The summed E-state index contributed by atoms with van der Waals surface area (Å²) in [7, 11) is 0. The first-order chi connectivity index (χ1) is 7.91. The van der Waals surface area contributed by atoms with E-state index >= 15 is 0 Å². The van der Waals surface area contributed by atoms with Crippen LogP contribution in [0.25, 0.3) is 0 Å². The Morgan fingerprint density at radius 2 is 1.25 bits per heavy atom. The van der Waals surface area contributed by atoms with E-state index in [-0.39, 0.29) is 0 Å². The highest BCUT2D eigenvalue weighted by Gasteiger charge is 1.93. The van der Waals surface area contributed by atoms with Crippen LogP contribution in [0.2, 0.25) is 0 Å². The maximum absolute atomic E-state index is 5.41. The van der Waals surface area contributed by atoms with Crippen molar-refractivity contribution in [2.24, 2.45) is 0 Å². The lowest BCUT2D eigenvalue weighted by atomic mass is 10.1. The van der Waals surface area contributed by atoms with E-state index in [4.69, 9.17) is 4.74 Å². The zero-order valence-electron chi connectivity index (χ0n) is 11.5. The highest BCUT2D eigenvalue weighted by Crippen LogP contribution is 2.10. The van der Waals surface area contributed by atoms with Gasteiger partial charge in [-0.15, -0.1) is 0 Å². The van der Waals surface area contributed by atoms with Crippen LogP contribution in [0.4, 0.5) is 0 Å². The van der Waals surface area contributed by atoms with Crippen molar-refractivity contribution >= 4 is 0 Å². The van der Waals surface area contributed by atoms with Gasteiger partial charge >= 0.3 is 0 Å². The van der Waals surface area contributed by atoms with E-state index in [2.05, 4.69) is 13.8 Å². The van der Waals surface area contributed by atoms with Crippen LogP contribution in [-0.2, 0) is 4.74 Å². The van der Waals surface area contributed by atoms with E-state index in [0.717, 1.165) is 13.0 Å². The molecule has 0 aromatic heterocycles. The summed E-state index contributed by atoms with van der Waals surface area (Å²) in [5.41, 5.74) is 0. The average Bonchev–Trinajstić information content (AvgIpc) is 2.31. The molecule has 0 spiro atoms. The molecule has 0 aromatic rings. The smallest absolute Gasteiger partial charge is 0.0836 e. The summed E-state index contributed by atoms with van der Waals surface area (Å²) >= 11 is 0. The first-order valence-electron chi connectivity index (χ1n) is 7.35. The SMILES string of the molecule is CCCCCCCCCC[CH]OCCCC. The second kappa shape index (κ2) is 15.0. The molecule has 0 N–H and O–H groups in total. The number of unbranched alkanes of at least 4 members (excludes halogenated alkanes) is 9. The third kappa shape index (κ3) is 14.0. The summed E-state index contributed by atoms with van der Waals surface area (Å²) in [6, 6.07) is 0. The summed E-state index contributed by atoms with van der Waals surface area (Å²) in [4.78, 5) is 0. The molecule has 0 atom stereocenters. The Morgan fingerprint density at radius 1 is 0.688 bits per heavy atom. The third-order valence-corrected chi connectivity index (χ3v) is 2.91. The van der Waals surface area contributed by atoms with Crippen LogP contribution in [0.3, 0.4) is 0 Å². The Hall–Kier alpha value is -0.0400. The fourth-order valence-corrected chi connectivity index (χ4v) is 1.76. The van der Waals surface area contributed by atoms with Crippen LogP contribution in [0.5, 0.6) is 0 Å². The lowest BCUT2D eigenvalue weighted by molar-refractivity contribution is 0.185. The Labute approximate surface area is 103 Å². The van der Waals surface area contributed by atoms with Crippen LogP contribution in [-0.4, -0.2) is 6.61 Å². The van der Waals surface area contributed by atoms with Gasteiger partial charge in [0, 0.05) is 6.61 Å². The second-order valence-electron chi connectivity index (χ2n) is 4.65. The van der Waals surface area contributed by atoms with Gasteiger partial charge in [0.15, 0.2) is 0 Å². The fraction of sp³-hybridized carbons (Fsp3) is 0.933. The number of ether oxygens (including phenoxy) is 1. The molecule has 0 saturated heterocycles. The lowest BCUT2D eigenvalue weighted by Gasteiger charge is -2.03. The zero-order chi connectivity index (χ0) is 11.9. The monoisotopic (exact) mass is 227 g/mol. The van der Waals surface area contributed by atoms with E-state index in [9.17, 15) is 0 Å². The first-order valence-corrected chi connectivity index (χ1v) is 7.35. The summed E-state index contributed by atoms with van der Waals surface area (Å²) in [6.07, 6.45) is 14.7. The van der Waals surface area contributed by atoms with Crippen molar-refractivity contribution in [1.82, 2.24) is 0 Å². The van der Waals surface area contributed by atoms with Crippen LogP contribution in [0.1, 0.15) is 84.5 Å². The van der Waals surface area contributed by atoms with Crippen molar-refractivity contribution in [2.45, 2.75) is 84.5 Å². The number of hydrogen-bond acceptors (Lipinski definition) is 1. The highest BCUT2D eigenvalue weighted by molar-refractivity contribution is 4.53. The van der Waals surface area contributed by atoms with Crippen molar-refractivity contribution in [3.05, 3.63) is 6.61 Å². The van der Waals surface area contributed by atoms with Crippen molar-refractivity contribution in [1.29, 1.82) is 0 Å². The molecule has 16 heavy (non-hydrogen) atoms. The molecule has 0 aliphatic heterocycles. The van der Waals surface area contributed by atoms with Crippen LogP contribution >= 0.6 is 0 Å². The van der Waals surface area contributed by atoms with Gasteiger partial charge in [-0.25, -0.2) is 0 Å². The van der Waals surface area contributed by atoms with Gasteiger partial charge in [0.2, 0.25) is 0 Å². The van der Waals surface area contributed by atoms with Gasteiger partial charge in [0.05, 0.1) is 6.61 Å². The van der Waals surface area contributed by atoms with Crippen LogP contribution in [0.15, 0.2) is 0 Å². The first kappa shape index (κ1) is 16.0. The predicted molar refractivity (Wildman–Crippen MR) is 72.4 cm³/mol. The Kier molecular flexibility index (Phi) is 14.9. The average molecular weight is 227 g/mol. The van der Waals surface area contributed by atoms with Crippen molar-refractivity contribution in [3.8, 4) is 0 Å².